The van der Waals surface area contributed by atoms with Crippen LogP contribution in [0.3, 0.4) is 0 Å². The molecule has 2 aromatic carbocycles. The zero-order valence-electron chi connectivity index (χ0n) is 16.4. The average Bonchev–Trinajstić information content (AvgIpc) is 3.11. The summed E-state index contributed by atoms with van der Waals surface area (Å²) in [4.78, 5) is 19.5. The number of pyridine rings is 1. The van der Waals surface area contributed by atoms with Gasteiger partial charge in [0.05, 0.1) is 16.8 Å². The van der Waals surface area contributed by atoms with Crippen molar-refractivity contribution < 1.29 is 14.3 Å². The Balaban J connectivity index is 1.41. The summed E-state index contributed by atoms with van der Waals surface area (Å²) in [7, 11) is 0. The van der Waals surface area contributed by atoms with E-state index in [1.807, 2.05) is 35.2 Å². The Morgan fingerprint density at radius 1 is 1.23 bits per heavy atom. The molecule has 0 spiro atoms. The van der Waals surface area contributed by atoms with E-state index in [2.05, 4.69) is 24.0 Å². The van der Waals surface area contributed by atoms with Gasteiger partial charge < -0.3 is 14.4 Å². The molecule has 1 amide bonds. The minimum absolute atomic E-state index is 0.0189. The molecule has 6 nitrogen and oxygen atoms in total. The van der Waals surface area contributed by atoms with E-state index in [9.17, 15) is 10.1 Å². The number of hydrogen-bond donors (Lipinski definition) is 0. The number of thioether (sulfide) groups is 1. The van der Waals surface area contributed by atoms with Crippen LogP contribution in [0, 0.1) is 11.3 Å². The molecular weight excluding hydrogens is 398 g/mol. The molecule has 2 aliphatic rings. The SMILES string of the molecule is C[C@H]1Cc2ccccc2N1C(=O)CSc1nc2cc3c(cc2cc1C#N)OCCO3. The number of aromatic nitrogens is 1. The van der Waals surface area contributed by atoms with Crippen LogP contribution in [0.1, 0.15) is 18.1 Å². The van der Waals surface area contributed by atoms with E-state index >= 15 is 0 Å². The third-order valence-corrected chi connectivity index (χ3v) is 6.35. The first-order valence-electron chi connectivity index (χ1n) is 9.81. The predicted molar refractivity (Wildman–Crippen MR) is 115 cm³/mol. The molecule has 30 heavy (non-hydrogen) atoms. The van der Waals surface area contributed by atoms with Gasteiger partial charge in [-0.3, -0.25) is 4.79 Å². The second-order valence-electron chi connectivity index (χ2n) is 7.38. The summed E-state index contributed by atoms with van der Waals surface area (Å²) in [5.41, 5.74) is 3.34. The number of nitriles is 1. The molecule has 2 aliphatic heterocycles. The van der Waals surface area contributed by atoms with Gasteiger partial charge in [-0.1, -0.05) is 30.0 Å². The van der Waals surface area contributed by atoms with E-state index in [0.717, 1.165) is 17.5 Å². The van der Waals surface area contributed by atoms with Gasteiger partial charge in [0.25, 0.3) is 0 Å². The number of nitrogens with zero attached hydrogens (tertiary/aromatic N) is 3. The van der Waals surface area contributed by atoms with Gasteiger partial charge >= 0.3 is 0 Å². The van der Waals surface area contributed by atoms with E-state index in [1.165, 1.54) is 17.3 Å². The quantitative estimate of drug-likeness (QED) is 0.601. The third-order valence-electron chi connectivity index (χ3n) is 5.37. The number of amides is 1. The summed E-state index contributed by atoms with van der Waals surface area (Å²) in [6.45, 7) is 3.06. The monoisotopic (exact) mass is 417 g/mol. The lowest BCUT2D eigenvalue weighted by Crippen LogP contribution is -2.37. The number of anilines is 1. The number of rotatable bonds is 3. The van der Waals surface area contributed by atoms with Gasteiger partial charge in [-0.25, -0.2) is 4.98 Å². The molecular formula is C23H19N3O3S. The highest BCUT2D eigenvalue weighted by Gasteiger charge is 2.30. The first-order chi connectivity index (χ1) is 14.6. The van der Waals surface area contributed by atoms with Crippen LogP contribution in [0.5, 0.6) is 11.5 Å². The Bertz CT molecular complexity index is 1200. The Morgan fingerprint density at radius 2 is 2.00 bits per heavy atom. The predicted octanol–water partition coefficient (Wildman–Crippen LogP) is 3.95. The highest BCUT2D eigenvalue weighted by atomic mass is 32.2. The molecule has 1 aromatic heterocycles. The van der Waals surface area contributed by atoms with E-state index < -0.39 is 0 Å². The first-order valence-corrected chi connectivity index (χ1v) is 10.8. The fourth-order valence-electron chi connectivity index (χ4n) is 4.03. The van der Waals surface area contributed by atoms with Crippen LogP contribution < -0.4 is 14.4 Å². The smallest absolute Gasteiger partial charge is 0.237 e. The minimum Gasteiger partial charge on any atom is -0.486 e. The van der Waals surface area contributed by atoms with Crippen LogP contribution in [0.25, 0.3) is 10.9 Å². The van der Waals surface area contributed by atoms with Crippen molar-refractivity contribution in [2.24, 2.45) is 0 Å². The average molecular weight is 417 g/mol. The molecule has 0 saturated carbocycles. The van der Waals surface area contributed by atoms with Crippen molar-refractivity contribution in [2.75, 3.05) is 23.9 Å². The van der Waals surface area contributed by atoms with E-state index in [0.29, 0.717) is 40.8 Å². The van der Waals surface area contributed by atoms with Gasteiger partial charge in [-0.15, -0.1) is 0 Å². The second kappa shape index (κ2) is 7.54. The van der Waals surface area contributed by atoms with Crippen molar-refractivity contribution >= 4 is 34.3 Å². The number of carbonyl (C=O) groups excluding carboxylic acids is 1. The Hall–Kier alpha value is -3.24. The zero-order chi connectivity index (χ0) is 20.7. The van der Waals surface area contributed by atoms with Crippen molar-refractivity contribution in [3.8, 4) is 17.6 Å². The third kappa shape index (κ3) is 3.23. The van der Waals surface area contributed by atoms with Crippen LogP contribution in [-0.4, -0.2) is 35.9 Å². The molecule has 0 radical (unpaired) electrons. The van der Waals surface area contributed by atoms with Crippen molar-refractivity contribution in [1.82, 2.24) is 4.98 Å². The fraction of sp³-hybridized carbons (Fsp3) is 0.261. The largest absolute Gasteiger partial charge is 0.486 e. The number of ether oxygens (including phenoxy) is 2. The number of carbonyl (C=O) groups is 1. The highest BCUT2D eigenvalue weighted by Crippen LogP contribution is 2.36. The molecule has 1 atom stereocenters. The number of fused-ring (bicyclic) bond motifs is 3. The molecule has 3 aromatic rings. The van der Waals surface area contributed by atoms with E-state index in [4.69, 9.17) is 9.47 Å². The van der Waals surface area contributed by atoms with Gasteiger partial charge in [-0.05, 0) is 37.1 Å². The Labute approximate surface area is 178 Å². The molecule has 0 bridgehead atoms. The number of benzene rings is 2. The Kier molecular flexibility index (Phi) is 4.72. The fourth-order valence-corrected chi connectivity index (χ4v) is 4.85. The van der Waals surface area contributed by atoms with Gasteiger partial charge in [0.1, 0.15) is 24.3 Å². The standard InChI is InChI=1S/C23H19N3O3S/c1-14-8-15-4-2-3-5-19(15)26(14)22(27)13-30-23-17(12-24)9-16-10-20-21(11-18(16)25-23)29-7-6-28-20/h2-5,9-11,14H,6-8,13H2,1H3/t14-/m0/s1. The van der Waals surface area contributed by atoms with Crippen LogP contribution in [0.4, 0.5) is 5.69 Å². The van der Waals surface area contributed by atoms with Crippen LogP contribution in [0.2, 0.25) is 0 Å². The van der Waals surface area contributed by atoms with Gasteiger partial charge in [0.15, 0.2) is 11.5 Å². The Morgan fingerprint density at radius 3 is 2.80 bits per heavy atom. The highest BCUT2D eigenvalue weighted by molar-refractivity contribution is 8.00. The minimum atomic E-state index is 0.0189. The molecule has 0 N–H and O–H groups in total. The molecule has 0 saturated heterocycles. The van der Waals surface area contributed by atoms with Crippen molar-refractivity contribution in [1.29, 1.82) is 5.26 Å². The maximum Gasteiger partial charge on any atom is 0.237 e. The lowest BCUT2D eigenvalue weighted by atomic mass is 10.1. The molecule has 0 unspecified atom stereocenters. The summed E-state index contributed by atoms with van der Waals surface area (Å²) >= 11 is 1.30. The lowest BCUT2D eigenvalue weighted by molar-refractivity contribution is -0.116. The van der Waals surface area contributed by atoms with Crippen molar-refractivity contribution in [2.45, 2.75) is 24.4 Å². The van der Waals surface area contributed by atoms with E-state index in [1.54, 1.807) is 6.07 Å². The maximum atomic E-state index is 13.0. The summed E-state index contributed by atoms with van der Waals surface area (Å²) in [6.07, 6.45) is 0.859. The lowest BCUT2D eigenvalue weighted by Gasteiger charge is -2.22. The van der Waals surface area contributed by atoms with Crippen LogP contribution in [0.15, 0.2) is 47.5 Å². The molecule has 3 heterocycles. The molecule has 0 aliphatic carbocycles. The van der Waals surface area contributed by atoms with Gasteiger partial charge in [-0.2, -0.15) is 5.26 Å². The van der Waals surface area contributed by atoms with Crippen molar-refractivity contribution in [3.05, 3.63) is 53.6 Å². The second-order valence-corrected chi connectivity index (χ2v) is 8.34. The van der Waals surface area contributed by atoms with Crippen LogP contribution >= 0.6 is 11.8 Å². The molecule has 7 heteroatoms. The van der Waals surface area contributed by atoms with Gasteiger partial charge in [0, 0.05) is 23.2 Å². The number of para-hydroxylation sites is 1. The van der Waals surface area contributed by atoms with Gasteiger partial charge in [0.2, 0.25) is 5.91 Å². The first kappa shape index (κ1) is 18.8. The summed E-state index contributed by atoms with van der Waals surface area (Å²) < 4.78 is 11.3. The summed E-state index contributed by atoms with van der Waals surface area (Å²) in [5, 5.41) is 11.0. The maximum absolute atomic E-state index is 13.0. The topological polar surface area (TPSA) is 75.5 Å². The number of hydrogen-bond acceptors (Lipinski definition) is 6. The van der Waals surface area contributed by atoms with Crippen molar-refractivity contribution in [3.63, 3.8) is 0 Å². The van der Waals surface area contributed by atoms with Crippen LogP contribution in [-0.2, 0) is 11.2 Å². The molecule has 150 valence electrons. The molecule has 5 rings (SSSR count). The zero-order valence-corrected chi connectivity index (χ0v) is 17.2. The van der Waals surface area contributed by atoms with E-state index in [-0.39, 0.29) is 17.7 Å². The normalized spacial score (nSPS) is 16.9. The summed E-state index contributed by atoms with van der Waals surface area (Å²) in [5.74, 6) is 1.55. The molecule has 0 fully saturated rings. The summed E-state index contributed by atoms with van der Waals surface area (Å²) in [6, 6.07) is 15.8.